The van der Waals surface area contributed by atoms with E-state index in [1.807, 2.05) is 6.07 Å². The van der Waals surface area contributed by atoms with E-state index >= 15 is 0 Å². The first kappa shape index (κ1) is 14.3. The number of benzene rings is 1. The molecule has 0 amide bonds. The van der Waals surface area contributed by atoms with Crippen LogP contribution in [0.3, 0.4) is 0 Å². The van der Waals surface area contributed by atoms with E-state index in [4.69, 9.17) is 17.3 Å². The van der Waals surface area contributed by atoms with Crippen LogP contribution in [0.5, 0.6) is 0 Å². The molecule has 2 nitrogen and oxygen atoms in total. The molecule has 0 saturated carbocycles. The van der Waals surface area contributed by atoms with E-state index in [-0.39, 0.29) is 0 Å². The highest BCUT2D eigenvalue weighted by Crippen LogP contribution is 2.26. The first-order chi connectivity index (χ1) is 8.70. The lowest BCUT2D eigenvalue weighted by Crippen LogP contribution is -2.40. The second-order valence-electron chi connectivity index (χ2n) is 4.95. The van der Waals surface area contributed by atoms with Crippen molar-refractivity contribution in [1.29, 1.82) is 0 Å². The van der Waals surface area contributed by atoms with E-state index in [1.165, 1.54) is 31.4 Å². The monoisotopic (exact) mass is 330 g/mol. The smallest absolute Gasteiger partial charge is 0.0548 e. The minimum atomic E-state index is 0.651. The Hall–Kier alpha value is -0.0900. The van der Waals surface area contributed by atoms with Crippen molar-refractivity contribution in [2.45, 2.75) is 38.3 Å². The van der Waals surface area contributed by atoms with E-state index in [1.54, 1.807) is 0 Å². The van der Waals surface area contributed by atoms with Gasteiger partial charge in [-0.15, -0.1) is 0 Å². The summed E-state index contributed by atoms with van der Waals surface area (Å²) in [5.41, 5.74) is 7.02. The van der Waals surface area contributed by atoms with Crippen LogP contribution in [0.1, 0.15) is 31.2 Å². The van der Waals surface area contributed by atoms with Crippen LogP contribution < -0.4 is 5.73 Å². The van der Waals surface area contributed by atoms with Crippen LogP contribution in [0.25, 0.3) is 0 Å². The van der Waals surface area contributed by atoms with Crippen molar-refractivity contribution in [3.63, 3.8) is 0 Å². The van der Waals surface area contributed by atoms with Gasteiger partial charge in [-0.25, -0.2) is 0 Å². The van der Waals surface area contributed by atoms with E-state index < -0.39 is 0 Å². The van der Waals surface area contributed by atoms with Crippen LogP contribution in [-0.4, -0.2) is 24.0 Å². The molecule has 0 bridgehead atoms. The highest BCUT2D eigenvalue weighted by Gasteiger charge is 2.21. The minimum absolute atomic E-state index is 0.651. The molecule has 100 valence electrons. The fourth-order valence-electron chi connectivity index (χ4n) is 2.66. The lowest BCUT2D eigenvalue weighted by molar-refractivity contribution is 0.134. The quantitative estimate of drug-likeness (QED) is 0.909. The van der Waals surface area contributed by atoms with Crippen LogP contribution in [0, 0.1) is 0 Å². The molecule has 0 aromatic heterocycles. The molecular weight excluding hydrogens is 312 g/mol. The molecule has 1 aliphatic heterocycles. The number of nitrogens with two attached hydrogens (primary N) is 1. The average molecular weight is 332 g/mol. The molecule has 18 heavy (non-hydrogen) atoms. The van der Waals surface area contributed by atoms with Crippen LogP contribution in [0.2, 0.25) is 5.02 Å². The molecule has 2 N–H and O–H groups in total. The van der Waals surface area contributed by atoms with Crippen LogP contribution in [0.4, 0.5) is 0 Å². The van der Waals surface area contributed by atoms with E-state index in [0.29, 0.717) is 6.04 Å². The van der Waals surface area contributed by atoms with Gasteiger partial charge in [0.2, 0.25) is 0 Å². The molecule has 1 heterocycles. The Morgan fingerprint density at radius 2 is 2.22 bits per heavy atom. The van der Waals surface area contributed by atoms with Gasteiger partial charge in [0, 0.05) is 17.1 Å². The Morgan fingerprint density at radius 1 is 1.39 bits per heavy atom. The molecule has 1 saturated heterocycles. The Labute approximate surface area is 123 Å². The topological polar surface area (TPSA) is 29.3 Å². The van der Waals surface area contributed by atoms with Gasteiger partial charge in [0.1, 0.15) is 0 Å². The maximum Gasteiger partial charge on any atom is 0.0548 e. The van der Waals surface area contributed by atoms with Gasteiger partial charge >= 0.3 is 0 Å². The normalized spacial score (nSPS) is 21.2. The summed E-state index contributed by atoms with van der Waals surface area (Å²) in [5, 5.41) is 0.774. The third-order valence-electron chi connectivity index (χ3n) is 3.62. The third-order valence-corrected chi connectivity index (χ3v) is 4.83. The van der Waals surface area contributed by atoms with Crippen molar-refractivity contribution >= 4 is 27.5 Å². The fraction of sp³-hybridized carbons (Fsp3) is 0.571. The standard InChI is InChI=1S/C14H20BrClN2/c15-13-9-11(4-5-14(13)16)10-18-8-2-1-3-12(18)6-7-17/h4-5,9,12H,1-3,6-8,10,17H2. The number of halogens is 2. The summed E-state index contributed by atoms with van der Waals surface area (Å²) in [6.45, 7) is 2.97. The Kier molecular flexibility index (Phi) is 5.49. The van der Waals surface area contributed by atoms with E-state index in [9.17, 15) is 0 Å². The van der Waals surface area contributed by atoms with Gasteiger partial charge < -0.3 is 5.73 Å². The first-order valence-electron chi connectivity index (χ1n) is 6.58. The van der Waals surface area contributed by atoms with Gasteiger partial charge in [0.15, 0.2) is 0 Å². The lowest BCUT2D eigenvalue weighted by Gasteiger charge is -2.35. The summed E-state index contributed by atoms with van der Waals surface area (Å²) < 4.78 is 0.981. The molecule has 1 aromatic rings. The molecule has 4 heteroatoms. The number of likely N-dealkylation sites (tertiary alicyclic amines) is 1. The molecular formula is C14H20BrClN2. The number of hydrogen-bond donors (Lipinski definition) is 1. The molecule has 1 aliphatic rings. The summed E-state index contributed by atoms with van der Waals surface area (Å²) in [6, 6.07) is 6.85. The number of piperidine rings is 1. The summed E-state index contributed by atoms with van der Waals surface area (Å²) in [7, 11) is 0. The highest BCUT2D eigenvalue weighted by molar-refractivity contribution is 9.10. The maximum absolute atomic E-state index is 6.02. The Bertz CT molecular complexity index is 395. The van der Waals surface area contributed by atoms with Gasteiger partial charge in [-0.2, -0.15) is 0 Å². The van der Waals surface area contributed by atoms with Crippen molar-refractivity contribution in [1.82, 2.24) is 4.90 Å². The zero-order valence-electron chi connectivity index (χ0n) is 10.5. The van der Waals surface area contributed by atoms with Gasteiger partial charge in [-0.05, 0) is 66.0 Å². The van der Waals surface area contributed by atoms with Crippen molar-refractivity contribution in [3.8, 4) is 0 Å². The molecule has 0 aliphatic carbocycles. The molecule has 1 fully saturated rings. The second-order valence-corrected chi connectivity index (χ2v) is 6.21. The molecule has 1 aromatic carbocycles. The van der Waals surface area contributed by atoms with E-state index in [0.717, 1.165) is 29.0 Å². The van der Waals surface area contributed by atoms with Crippen molar-refractivity contribution in [2.24, 2.45) is 5.73 Å². The molecule has 2 rings (SSSR count). The summed E-state index contributed by atoms with van der Waals surface area (Å²) in [6.07, 6.45) is 5.03. The Balaban J connectivity index is 2.03. The van der Waals surface area contributed by atoms with Gasteiger partial charge in [0.25, 0.3) is 0 Å². The lowest BCUT2D eigenvalue weighted by atomic mass is 9.98. The van der Waals surface area contributed by atoms with Crippen LogP contribution in [0.15, 0.2) is 22.7 Å². The van der Waals surface area contributed by atoms with Gasteiger partial charge in [-0.3, -0.25) is 4.90 Å². The zero-order chi connectivity index (χ0) is 13.0. The second kappa shape index (κ2) is 6.90. The van der Waals surface area contributed by atoms with E-state index in [2.05, 4.69) is 33.0 Å². The Morgan fingerprint density at radius 3 is 2.94 bits per heavy atom. The van der Waals surface area contributed by atoms with Gasteiger partial charge in [-0.1, -0.05) is 24.1 Å². The van der Waals surface area contributed by atoms with Crippen molar-refractivity contribution < 1.29 is 0 Å². The minimum Gasteiger partial charge on any atom is -0.330 e. The summed E-state index contributed by atoms with van der Waals surface area (Å²) in [4.78, 5) is 2.56. The molecule has 0 radical (unpaired) electrons. The number of hydrogen-bond acceptors (Lipinski definition) is 2. The average Bonchev–Trinajstić information content (AvgIpc) is 2.37. The number of rotatable bonds is 4. The number of nitrogens with zero attached hydrogens (tertiary/aromatic N) is 1. The third kappa shape index (κ3) is 3.70. The fourth-order valence-corrected chi connectivity index (χ4v) is 3.20. The molecule has 1 atom stereocenters. The first-order valence-corrected chi connectivity index (χ1v) is 7.76. The zero-order valence-corrected chi connectivity index (χ0v) is 12.9. The van der Waals surface area contributed by atoms with Crippen LogP contribution in [-0.2, 0) is 6.54 Å². The van der Waals surface area contributed by atoms with Gasteiger partial charge in [0.05, 0.1) is 5.02 Å². The highest BCUT2D eigenvalue weighted by atomic mass is 79.9. The molecule has 1 unspecified atom stereocenters. The largest absolute Gasteiger partial charge is 0.330 e. The summed E-state index contributed by atoms with van der Waals surface area (Å²) >= 11 is 9.51. The predicted octanol–water partition coefficient (Wildman–Crippen LogP) is 3.81. The maximum atomic E-state index is 6.02. The van der Waals surface area contributed by atoms with Crippen LogP contribution >= 0.6 is 27.5 Å². The predicted molar refractivity (Wildman–Crippen MR) is 80.9 cm³/mol. The van der Waals surface area contributed by atoms with Crippen molar-refractivity contribution in [2.75, 3.05) is 13.1 Å². The SMILES string of the molecule is NCCC1CCCCN1Cc1ccc(Cl)c(Br)c1. The van der Waals surface area contributed by atoms with Crippen molar-refractivity contribution in [3.05, 3.63) is 33.3 Å². The molecule has 0 spiro atoms. The summed E-state index contributed by atoms with van der Waals surface area (Å²) in [5.74, 6) is 0.